The highest BCUT2D eigenvalue weighted by Gasteiger charge is 2.42. The fourth-order valence-electron chi connectivity index (χ4n) is 2.11. The van der Waals surface area contributed by atoms with Gasteiger partial charge in [0.05, 0.1) is 10.8 Å². The summed E-state index contributed by atoms with van der Waals surface area (Å²) in [5.41, 5.74) is -1.79. The monoisotopic (exact) mass is 278 g/mol. The molecule has 0 saturated heterocycles. The number of esters is 1. The van der Waals surface area contributed by atoms with Gasteiger partial charge in [-0.1, -0.05) is 25.1 Å². The van der Waals surface area contributed by atoms with Crippen molar-refractivity contribution in [3.05, 3.63) is 30.3 Å². The minimum Gasteiger partial charge on any atom is -0.481 e. The molecule has 0 aromatic heterocycles. The Balaban J connectivity index is 2.88. The van der Waals surface area contributed by atoms with Gasteiger partial charge in [-0.3, -0.25) is 9.59 Å². The highest BCUT2D eigenvalue weighted by Crippen LogP contribution is 2.38. The summed E-state index contributed by atoms with van der Waals surface area (Å²) in [4.78, 5) is 23.6. The molecule has 0 amide bonds. The number of benzene rings is 1. The molecule has 0 bridgehead atoms. The first-order valence-electron chi connectivity index (χ1n) is 6.72. The summed E-state index contributed by atoms with van der Waals surface area (Å²) in [6.45, 7) is 6.87. The van der Waals surface area contributed by atoms with E-state index in [-0.39, 0.29) is 12.4 Å². The van der Waals surface area contributed by atoms with E-state index < -0.39 is 16.8 Å². The second-order valence-electron chi connectivity index (χ2n) is 5.98. The molecule has 1 unspecified atom stereocenters. The van der Waals surface area contributed by atoms with Gasteiger partial charge in [-0.2, -0.15) is 0 Å². The number of aliphatic carboxylic acids is 1. The van der Waals surface area contributed by atoms with Crippen LogP contribution in [0.3, 0.4) is 0 Å². The molecule has 0 saturated carbocycles. The molecule has 20 heavy (non-hydrogen) atoms. The van der Waals surface area contributed by atoms with Gasteiger partial charge in [0.15, 0.2) is 0 Å². The lowest BCUT2D eigenvalue weighted by Gasteiger charge is -2.32. The SMILES string of the molecule is CCC(C)(CC(C)(C)C(=O)O)C(=O)Oc1ccccc1. The molecule has 0 spiro atoms. The van der Waals surface area contributed by atoms with Crippen molar-refractivity contribution >= 4 is 11.9 Å². The first-order chi connectivity index (χ1) is 9.21. The summed E-state index contributed by atoms with van der Waals surface area (Å²) in [5, 5.41) is 9.22. The summed E-state index contributed by atoms with van der Waals surface area (Å²) in [5.74, 6) is -0.824. The first-order valence-corrected chi connectivity index (χ1v) is 6.72. The van der Waals surface area contributed by atoms with Crippen molar-refractivity contribution in [1.82, 2.24) is 0 Å². The van der Waals surface area contributed by atoms with Crippen molar-refractivity contribution in [2.45, 2.75) is 40.5 Å². The van der Waals surface area contributed by atoms with Gasteiger partial charge in [0.1, 0.15) is 5.75 Å². The average molecular weight is 278 g/mol. The number of ether oxygens (including phenoxy) is 1. The number of carboxylic acid groups (broad SMARTS) is 1. The predicted octanol–water partition coefficient (Wildman–Crippen LogP) is 3.51. The van der Waals surface area contributed by atoms with E-state index in [1.165, 1.54) is 0 Å². The van der Waals surface area contributed by atoms with E-state index in [9.17, 15) is 14.7 Å². The van der Waals surface area contributed by atoms with E-state index in [1.54, 1.807) is 45.0 Å². The van der Waals surface area contributed by atoms with Crippen LogP contribution in [0.15, 0.2) is 30.3 Å². The molecular weight excluding hydrogens is 256 g/mol. The Morgan fingerprint density at radius 3 is 2.15 bits per heavy atom. The van der Waals surface area contributed by atoms with Gasteiger partial charge < -0.3 is 9.84 Å². The van der Waals surface area contributed by atoms with Crippen LogP contribution in [0.2, 0.25) is 0 Å². The number of rotatable bonds is 6. The van der Waals surface area contributed by atoms with Crippen LogP contribution < -0.4 is 4.74 Å². The lowest BCUT2D eigenvalue weighted by molar-refractivity contribution is -0.154. The van der Waals surface area contributed by atoms with Crippen LogP contribution in [0.1, 0.15) is 40.5 Å². The van der Waals surface area contributed by atoms with Gasteiger partial charge in [0, 0.05) is 0 Å². The van der Waals surface area contributed by atoms with Crippen molar-refractivity contribution < 1.29 is 19.4 Å². The number of hydrogen-bond acceptors (Lipinski definition) is 3. The van der Waals surface area contributed by atoms with Gasteiger partial charge >= 0.3 is 11.9 Å². The molecular formula is C16H22O4. The largest absolute Gasteiger partial charge is 0.481 e. The van der Waals surface area contributed by atoms with Gasteiger partial charge in [-0.15, -0.1) is 0 Å². The second-order valence-corrected chi connectivity index (χ2v) is 5.98. The third-order valence-corrected chi connectivity index (χ3v) is 3.64. The molecule has 1 N–H and O–H groups in total. The highest BCUT2D eigenvalue weighted by atomic mass is 16.5. The molecule has 1 aromatic rings. The maximum Gasteiger partial charge on any atom is 0.317 e. The van der Waals surface area contributed by atoms with Crippen LogP contribution in [-0.4, -0.2) is 17.0 Å². The van der Waals surface area contributed by atoms with E-state index in [0.717, 1.165) is 0 Å². The standard InChI is InChI=1S/C16H22O4/c1-5-16(4,11-15(2,3)13(17)18)14(19)20-12-9-7-6-8-10-12/h6-10H,5,11H2,1-4H3,(H,17,18). The molecule has 0 fully saturated rings. The number of hydrogen-bond donors (Lipinski definition) is 1. The summed E-state index contributed by atoms with van der Waals surface area (Å²) < 4.78 is 5.36. The van der Waals surface area contributed by atoms with Crippen LogP contribution in [0.4, 0.5) is 0 Å². The Morgan fingerprint density at radius 2 is 1.70 bits per heavy atom. The Hall–Kier alpha value is -1.84. The van der Waals surface area contributed by atoms with Crippen LogP contribution in [0.5, 0.6) is 5.75 Å². The van der Waals surface area contributed by atoms with Crippen molar-refractivity contribution in [3.8, 4) is 5.75 Å². The smallest absolute Gasteiger partial charge is 0.317 e. The molecule has 1 atom stereocenters. The Bertz CT molecular complexity index is 479. The number of carbonyl (C=O) groups is 2. The molecule has 0 radical (unpaired) electrons. The maximum atomic E-state index is 12.4. The minimum atomic E-state index is -0.972. The van der Waals surface area contributed by atoms with E-state index >= 15 is 0 Å². The number of carboxylic acids is 1. The van der Waals surface area contributed by atoms with Crippen LogP contribution in [-0.2, 0) is 9.59 Å². The normalized spacial score (nSPS) is 14.4. The maximum absolute atomic E-state index is 12.4. The third kappa shape index (κ3) is 3.83. The highest BCUT2D eigenvalue weighted by molar-refractivity contribution is 5.81. The third-order valence-electron chi connectivity index (χ3n) is 3.64. The fraction of sp³-hybridized carbons (Fsp3) is 0.500. The van der Waals surface area contributed by atoms with Crippen LogP contribution in [0, 0.1) is 10.8 Å². The molecule has 1 aromatic carbocycles. The second kappa shape index (κ2) is 6.07. The lowest BCUT2D eigenvalue weighted by atomic mass is 9.72. The molecule has 0 aliphatic carbocycles. The molecule has 0 heterocycles. The zero-order valence-electron chi connectivity index (χ0n) is 12.5. The summed E-state index contributed by atoms with van der Waals surface area (Å²) in [6, 6.07) is 8.82. The topological polar surface area (TPSA) is 63.6 Å². The Kier molecular flexibility index (Phi) is 4.93. The quantitative estimate of drug-likeness (QED) is 0.639. The molecule has 4 heteroatoms. The first kappa shape index (κ1) is 16.2. The molecule has 0 aliphatic rings. The predicted molar refractivity (Wildman–Crippen MR) is 76.5 cm³/mol. The van der Waals surface area contributed by atoms with Crippen LogP contribution >= 0.6 is 0 Å². The lowest BCUT2D eigenvalue weighted by Crippen LogP contribution is -2.39. The van der Waals surface area contributed by atoms with Crippen molar-refractivity contribution in [2.75, 3.05) is 0 Å². The number of para-hydroxylation sites is 1. The Labute approximate surface area is 119 Å². The van der Waals surface area contributed by atoms with Gasteiger partial charge in [-0.05, 0) is 45.7 Å². The van der Waals surface area contributed by atoms with E-state index in [4.69, 9.17) is 4.74 Å². The summed E-state index contributed by atoms with van der Waals surface area (Å²) in [7, 11) is 0. The van der Waals surface area contributed by atoms with E-state index in [1.807, 2.05) is 13.0 Å². The number of carbonyl (C=O) groups excluding carboxylic acids is 1. The van der Waals surface area contributed by atoms with Gasteiger partial charge in [0.2, 0.25) is 0 Å². The van der Waals surface area contributed by atoms with Gasteiger partial charge in [-0.25, -0.2) is 0 Å². The average Bonchev–Trinajstić information content (AvgIpc) is 2.39. The summed E-state index contributed by atoms with van der Waals surface area (Å²) in [6.07, 6.45) is 0.757. The zero-order chi connectivity index (χ0) is 15.4. The summed E-state index contributed by atoms with van der Waals surface area (Å²) >= 11 is 0. The minimum absolute atomic E-state index is 0.234. The molecule has 4 nitrogen and oxygen atoms in total. The Morgan fingerprint density at radius 1 is 1.15 bits per heavy atom. The van der Waals surface area contributed by atoms with Crippen molar-refractivity contribution in [3.63, 3.8) is 0 Å². The molecule has 110 valence electrons. The molecule has 1 rings (SSSR count). The zero-order valence-corrected chi connectivity index (χ0v) is 12.5. The van der Waals surface area contributed by atoms with E-state index in [2.05, 4.69) is 0 Å². The molecule has 0 aliphatic heterocycles. The van der Waals surface area contributed by atoms with Crippen LogP contribution in [0.25, 0.3) is 0 Å². The van der Waals surface area contributed by atoms with Crippen molar-refractivity contribution in [2.24, 2.45) is 10.8 Å². The van der Waals surface area contributed by atoms with E-state index in [0.29, 0.717) is 12.2 Å². The fourth-order valence-corrected chi connectivity index (χ4v) is 2.11. The van der Waals surface area contributed by atoms with Gasteiger partial charge in [0.25, 0.3) is 0 Å². The van der Waals surface area contributed by atoms with Crippen molar-refractivity contribution in [1.29, 1.82) is 0 Å².